The van der Waals surface area contributed by atoms with Crippen LogP contribution in [0.25, 0.3) is 10.9 Å². The zero-order valence-electron chi connectivity index (χ0n) is 16.4. The molecule has 0 radical (unpaired) electrons. The molecule has 1 N–H and O–H groups in total. The van der Waals surface area contributed by atoms with Crippen LogP contribution in [-0.2, 0) is 11.3 Å². The molecule has 0 spiro atoms. The number of nitrogens with zero attached hydrogens (tertiary/aromatic N) is 3. The number of para-hydroxylation sites is 1. The summed E-state index contributed by atoms with van der Waals surface area (Å²) in [5.41, 5.74) is 3.79. The molecule has 6 nitrogen and oxygen atoms in total. The lowest BCUT2D eigenvalue weighted by Crippen LogP contribution is -2.21. The van der Waals surface area contributed by atoms with Gasteiger partial charge >= 0.3 is 5.97 Å². The fraction of sp³-hybridized carbons (Fsp3) is 0.0400. The summed E-state index contributed by atoms with van der Waals surface area (Å²) < 4.78 is 0. The zero-order valence-corrected chi connectivity index (χ0v) is 16.4. The van der Waals surface area contributed by atoms with Crippen LogP contribution in [0.4, 0.5) is 5.69 Å². The van der Waals surface area contributed by atoms with Crippen LogP contribution < -0.4 is 4.90 Å². The van der Waals surface area contributed by atoms with Gasteiger partial charge < -0.3 is 10.0 Å². The topological polar surface area (TPSA) is 83.4 Å². The molecule has 0 aliphatic carbocycles. The molecule has 0 aliphatic heterocycles. The standard InChI is InChI=1S/C25H17N3O3/c29-17-28(16-19-9-11-22-21(14-19)5-3-13-26-22)24-6-2-1-4-20(24)10-7-18-8-12-23(25(30)31)27-15-18/h1-6,8-9,11-15,17H,16H2,(H,30,31). The lowest BCUT2D eigenvalue weighted by atomic mass is 10.1. The van der Waals surface area contributed by atoms with E-state index in [1.807, 2.05) is 54.6 Å². The maximum absolute atomic E-state index is 11.9. The van der Waals surface area contributed by atoms with Crippen LogP contribution in [0.1, 0.15) is 27.2 Å². The number of fused-ring (bicyclic) bond motifs is 1. The Morgan fingerprint density at radius 2 is 1.87 bits per heavy atom. The summed E-state index contributed by atoms with van der Waals surface area (Å²) >= 11 is 0. The SMILES string of the molecule is O=CN(Cc1ccc2ncccc2c1)c1ccccc1C#Cc1ccc(C(=O)O)nc1. The van der Waals surface area contributed by atoms with E-state index in [0.717, 1.165) is 22.9 Å². The van der Waals surface area contributed by atoms with Crippen molar-refractivity contribution in [3.05, 3.63) is 102 Å². The predicted octanol–water partition coefficient (Wildman–Crippen LogP) is 3.89. The number of carboxylic acid groups (broad SMARTS) is 1. The van der Waals surface area contributed by atoms with E-state index in [1.165, 1.54) is 12.3 Å². The first kappa shape index (κ1) is 19.8. The number of benzene rings is 2. The molecule has 0 atom stereocenters. The van der Waals surface area contributed by atoms with Crippen molar-refractivity contribution in [2.45, 2.75) is 6.54 Å². The first-order valence-electron chi connectivity index (χ1n) is 9.50. The lowest BCUT2D eigenvalue weighted by Gasteiger charge is -2.19. The average molecular weight is 407 g/mol. The quantitative estimate of drug-likeness (QED) is 0.401. The second-order valence-corrected chi connectivity index (χ2v) is 6.77. The second kappa shape index (κ2) is 8.89. The number of pyridine rings is 2. The third-order valence-electron chi connectivity index (χ3n) is 4.69. The van der Waals surface area contributed by atoms with Crippen molar-refractivity contribution >= 4 is 29.0 Å². The highest BCUT2D eigenvalue weighted by Crippen LogP contribution is 2.22. The van der Waals surface area contributed by atoms with Crippen molar-refractivity contribution < 1.29 is 14.7 Å². The Bertz CT molecular complexity index is 1320. The van der Waals surface area contributed by atoms with Crippen LogP contribution in [-0.4, -0.2) is 27.5 Å². The minimum Gasteiger partial charge on any atom is -0.477 e. The van der Waals surface area contributed by atoms with Gasteiger partial charge in [0, 0.05) is 28.9 Å². The zero-order chi connectivity index (χ0) is 21.6. The largest absolute Gasteiger partial charge is 0.477 e. The van der Waals surface area contributed by atoms with Gasteiger partial charge in [0.1, 0.15) is 5.69 Å². The number of aromatic carboxylic acids is 1. The van der Waals surface area contributed by atoms with Crippen LogP contribution >= 0.6 is 0 Å². The smallest absolute Gasteiger partial charge is 0.354 e. The Morgan fingerprint density at radius 3 is 2.65 bits per heavy atom. The molecule has 0 saturated carbocycles. The van der Waals surface area contributed by atoms with E-state index in [4.69, 9.17) is 5.11 Å². The number of carboxylic acids is 1. The van der Waals surface area contributed by atoms with Gasteiger partial charge in [-0.25, -0.2) is 9.78 Å². The van der Waals surface area contributed by atoms with Gasteiger partial charge in [-0.3, -0.25) is 9.78 Å². The van der Waals surface area contributed by atoms with E-state index in [0.29, 0.717) is 23.4 Å². The number of hydrogen-bond acceptors (Lipinski definition) is 4. The molecule has 2 aromatic heterocycles. The molecule has 0 aliphatic rings. The van der Waals surface area contributed by atoms with Crippen LogP contribution in [0, 0.1) is 11.8 Å². The van der Waals surface area contributed by atoms with E-state index in [-0.39, 0.29) is 5.69 Å². The Hall–Kier alpha value is -4.50. The van der Waals surface area contributed by atoms with Crippen LogP contribution in [0.15, 0.2) is 79.1 Å². The summed E-state index contributed by atoms with van der Waals surface area (Å²) in [5, 5.41) is 9.96. The lowest BCUT2D eigenvalue weighted by molar-refractivity contribution is -0.107. The fourth-order valence-electron chi connectivity index (χ4n) is 3.16. The van der Waals surface area contributed by atoms with Crippen molar-refractivity contribution in [3.8, 4) is 11.8 Å². The molecule has 31 heavy (non-hydrogen) atoms. The number of carbonyl (C=O) groups is 2. The summed E-state index contributed by atoms with van der Waals surface area (Å²) in [6, 6.07) is 20.2. The number of amides is 1. The van der Waals surface area contributed by atoms with Gasteiger partial charge in [-0.2, -0.15) is 0 Å². The van der Waals surface area contributed by atoms with Crippen molar-refractivity contribution in [2.75, 3.05) is 4.90 Å². The minimum atomic E-state index is -1.09. The van der Waals surface area contributed by atoms with Crippen molar-refractivity contribution in [3.63, 3.8) is 0 Å². The molecular formula is C25H17N3O3. The van der Waals surface area contributed by atoms with Crippen molar-refractivity contribution in [2.24, 2.45) is 0 Å². The molecule has 0 saturated heterocycles. The number of hydrogen-bond donors (Lipinski definition) is 1. The molecule has 2 heterocycles. The van der Waals surface area contributed by atoms with Crippen molar-refractivity contribution in [1.82, 2.24) is 9.97 Å². The van der Waals surface area contributed by atoms with Gasteiger partial charge in [0.05, 0.1) is 17.7 Å². The summed E-state index contributed by atoms with van der Waals surface area (Å²) in [6.45, 7) is 0.391. The Balaban J connectivity index is 1.61. The molecule has 0 bridgehead atoms. The maximum atomic E-state index is 11.9. The Morgan fingerprint density at radius 1 is 1.00 bits per heavy atom. The number of rotatable bonds is 5. The van der Waals surface area contributed by atoms with E-state index in [1.54, 1.807) is 17.2 Å². The summed E-state index contributed by atoms with van der Waals surface area (Å²) in [4.78, 5) is 32.6. The van der Waals surface area contributed by atoms with Crippen molar-refractivity contribution in [1.29, 1.82) is 0 Å². The van der Waals surface area contributed by atoms with E-state index < -0.39 is 5.97 Å². The third kappa shape index (κ3) is 4.57. The van der Waals surface area contributed by atoms with Crippen LogP contribution in [0.3, 0.4) is 0 Å². The van der Waals surface area contributed by atoms with Gasteiger partial charge in [0.2, 0.25) is 6.41 Å². The molecule has 0 unspecified atom stereocenters. The Labute approximate surface area is 178 Å². The van der Waals surface area contributed by atoms with Crippen LogP contribution in [0.2, 0.25) is 0 Å². The average Bonchev–Trinajstić information content (AvgIpc) is 2.81. The van der Waals surface area contributed by atoms with Gasteiger partial charge in [-0.05, 0) is 48.0 Å². The summed E-state index contributed by atoms with van der Waals surface area (Å²) in [7, 11) is 0. The van der Waals surface area contributed by atoms with E-state index in [2.05, 4.69) is 21.8 Å². The summed E-state index contributed by atoms with van der Waals surface area (Å²) in [5.74, 6) is 4.95. The van der Waals surface area contributed by atoms with Gasteiger partial charge in [-0.1, -0.05) is 36.1 Å². The molecule has 6 heteroatoms. The van der Waals surface area contributed by atoms with Gasteiger partial charge in [0.25, 0.3) is 0 Å². The molecule has 0 fully saturated rings. The Kier molecular flexibility index (Phi) is 5.68. The van der Waals surface area contributed by atoms with E-state index >= 15 is 0 Å². The highest BCUT2D eigenvalue weighted by Gasteiger charge is 2.11. The van der Waals surface area contributed by atoms with Gasteiger partial charge in [0.15, 0.2) is 0 Å². The maximum Gasteiger partial charge on any atom is 0.354 e. The number of carbonyl (C=O) groups excluding carboxylic acids is 1. The minimum absolute atomic E-state index is 0.0383. The molecule has 1 amide bonds. The highest BCUT2D eigenvalue weighted by molar-refractivity contribution is 5.85. The number of anilines is 1. The fourth-order valence-corrected chi connectivity index (χ4v) is 3.16. The first-order valence-corrected chi connectivity index (χ1v) is 9.50. The molecule has 150 valence electrons. The first-order chi connectivity index (χ1) is 15.1. The summed E-state index contributed by atoms with van der Waals surface area (Å²) in [6.07, 6.45) is 3.95. The third-order valence-corrected chi connectivity index (χ3v) is 4.69. The number of aromatic nitrogens is 2. The highest BCUT2D eigenvalue weighted by atomic mass is 16.4. The molecule has 4 aromatic rings. The van der Waals surface area contributed by atoms with E-state index in [9.17, 15) is 9.59 Å². The normalized spacial score (nSPS) is 10.2. The monoisotopic (exact) mass is 407 g/mol. The second-order valence-electron chi connectivity index (χ2n) is 6.77. The molecule has 4 rings (SSSR count). The molecule has 2 aromatic carbocycles. The predicted molar refractivity (Wildman–Crippen MR) is 118 cm³/mol. The van der Waals surface area contributed by atoms with Gasteiger partial charge in [-0.15, -0.1) is 0 Å². The van der Waals surface area contributed by atoms with Crippen LogP contribution in [0.5, 0.6) is 0 Å². The molecular weight excluding hydrogens is 390 g/mol.